The van der Waals surface area contributed by atoms with Crippen LogP contribution in [0.15, 0.2) is 18.2 Å². The van der Waals surface area contributed by atoms with E-state index in [0.717, 1.165) is 5.56 Å². The van der Waals surface area contributed by atoms with E-state index < -0.39 is 6.10 Å². The number of fused-ring (bicyclic) bond motifs is 1. The lowest BCUT2D eigenvalue weighted by molar-refractivity contribution is -0.128. The van der Waals surface area contributed by atoms with Crippen molar-refractivity contribution in [3.05, 3.63) is 23.8 Å². The van der Waals surface area contributed by atoms with Crippen molar-refractivity contribution in [2.75, 3.05) is 18.0 Å². The third kappa shape index (κ3) is 2.70. The van der Waals surface area contributed by atoms with E-state index in [1.54, 1.807) is 6.92 Å². The van der Waals surface area contributed by atoms with Crippen molar-refractivity contribution in [1.29, 1.82) is 0 Å². The lowest BCUT2D eigenvalue weighted by Gasteiger charge is -2.32. The average Bonchev–Trinajstić information content (AvgIpc) is 2.36. The van der Waals surface area contributed by atoms with Crippen LogP contribution in [0.1, 0.15) is 19.4 Å². The van der Waals surface area contributed by atoms with Gasteiger partial charge in [0.1, 0.15) is 12.3 Å². The molecule has 1 aromatic rings. The van der Waals surface area contributed by atoms with Gasteiger partial charge in [-0.2, -0.15) is 0 Å². The fourth-order valence-corrected chi connectivity index (χ4v) is 2.08. The molecule has 5 nitrogen and oxygen atoms in total. The summed E-state index contributed by atoms with van der Waals surface area (Å²) >= 11 is 0. The molecule has 2 rings (SSSR count). The predicted octanol–water partition coefficient (Wildman–Crippen LogP) is 1.25. The Kier molecular flexibility index (Phi) is 3.74. The molecule has 19 heavy (non-hydrogen) atoms. The maximum atomic E-state index is 12.2. The molecule has 0 saturated heterocycles. The normalized spacial score (nSPS) is 17.7. The molecule has 0 aromatic heterocycles. The Balaban J connectivity index is 2.33. The number of hydrogen-bond acceptors (Lipinski definition) is 3. The first-order chi connectivity index (χ1) is 9.02. The van der Waals surface area contributed by atoms with E-state index >= 15 is 0 Å². The molecular weight excluding hydrogens is 244 g/mol. The third-order valence-electron chi connectivity index (χ3n) is 3.00. The summed E-state index contributed by atoms with van der Waals surface area (Å²) in [5.74, 6) is 0.281. The highest BCUT2D eigenvalue weighted by molar-refractivity contribution is 6.03. The Morgan fingerprint density at radius 2 is 2.21 bits per heavy atom. The average molecular weight is 262 g/mol. The molecule has 1 aromatic carbocycles. The van der Waals surface area contributed by atoms with Gasteiger partial charge in [-0.25, -0.2) is 0 Å². The summed E-state index contributed by atoms with van der Waals surface area (Å²) in [6.45, 7) is 6.05. The van der Waals surface area contributed by atoms with Gasteiger partial charge >= 0.3 is 0 Å². The zero-order valence-electron chi connectivity index (χ0n) is 11.4. The Labute approximate surface area is 112 Å². The summed E-state index contributed by atoms with van der Waals surface area (Å²) in [6.07, 6.45) is -0.565. The van der Waals surface area contributed by atoms with E-state index in [4.69, 9.17) is 4.74 Å². The van der Waals surface area contributed by atoms with Crippen LogP contribution in [0.3, 0.4) is 0 Å². The summed E-state index contributed by atoms with van der Waals surface area (Å²) in [6, 6.07) is 5.61. The highest BCUT2D eigenvalue weighted by atomic mass is 16.5. The van der Waals surface area contributed by atoms with Gasteiger partial charge in [0.25, 0.3) is 5.91 Å². The molecule has 1 aliphatic heterocycles. The number of nitrogens with one attached hydrogen (secondary N) is 1. The second-order valence-electron chi connectivity index (χ2n) is 4.61. The maximum absolute atomic E-state index is 12.2. The maximum Gasteiger partial charge on any atom is 0.268 e. The van der Waals surface area contributed by atoms with Crippen molar-refractivity contribution in [3.63, 3.8) is 0 Å². The minimum Gasteiger partial charge on any atom is -0.479 e. The highest BCUT2D eigenvalue weighted by Crippen LogP contribution is 2.34. The van der Waals surface area contributed by atoms with E-state index in [1.807, 2.05) is 32.0 Å². The molecule has 0 unspecified atom stereocenters. The quantitative estimate of drug-likeness (QED) is 0.891. The van der Waals surface area contributed by atoms with Crippen LogP contribution >= 0.6 is 0 Å². The highest BCUT2D eigenvalue weighted by Gasteiger charge is 2.32. The SMILES string of the molecule is CCNC(=O)CN1C(=O)[C@H](C)Oc2ccc(C)cc21. The number of amides is 2. The van der Waals surface area contributed by atoms with Gasteiger partial charge < -0.3 is 10.1 Å². The van der Waals surface area contributed by atoms with Crippen LogP contribution in [0, 0.1) is 6.92 Å². The topological polar surface area (TPSA) is 58.6 Å². The smallest absolute Gasteiger partial charge is 0.268 e. The zero-order valence-corrected chi connectivity index (χ0v) is 11.4. The molecule has 1 heterocycles. The molecule has 1 aliphatic rings. The number of carbonyl (C=O) groups excluding carboxylic acids is 2. The van der Waals surface area contributed by atoms with Crippen molar-refractivity contribution in [1.82, 2.24) is 5.32 Å². The minimum atomic E-state index is -0.565. The van der Waals surface area contributed by atoms with Gasteiger partial charge in [0.2, 0.25) is 5.91 Å². The van der Waals surface area contributed by atoms with Crippen LogP contribution in [0.5, 0.6) is 5.75 Å². The van der Waals surface area contributed by atoms with E-state index in [1.165, 1.54) is 4.90 Å². The van der Waals surface area contributed by atoms with Gasteiger partial charge in [-0.1, -0.05) is 6.07 Å². The number of aryl methyl sites for hydroxylation is 1. The zero-order chi connectivity index (χ0) is 14.0. The molecule has 0 radical (unpaired) electrons. The van der Waals surface area contributed by atoms with Gasteiger partial charge in [0, 0.05) is 6.54 Å². The Morgan fingerprint density at radius 3 is 2.89 bits per heavy atom. The Bertz CT molecular complexity index is 513. The summed E-state index contributed by atoms with van der Waals surface area (Å²) in [5.41, 5.74) is 1.68. The Morgan fingerprint density at radius 1 is 1.47 bits per heavy atom. The summed E-state index contributed by atoms with van der Waals surface area (Å²) < 4.78 is 5.55. The van der Waals surface area contributed by atoms with Crippen LogP contribution < -0.4 is 15.0 Å². The molecular formula is C14H18N2O3. The van der Waals surface area contributed by atoms with E-state index in [0.29, 0.717) is 18.0 Å². The van der Waals surface area contributed by atoms with Crippen LogP contribution in [0.2, 0.25) is 0 Å². The molecule has 0 spiro atoms. The second-order valence-corrected chi connectivity index (χ2v) is 4.61. The van der Waals surface area contributed by atoms with Crippen molar-refractivity contribution in [2.45, 2.75) is 26.9 Å². The first kappa shape index (κ1) is 13.4. The fraction of sp³-hybridized carbons (Fsp3) is 0.429. The van der Waals surface area contributed by atoms with Crippen molar-refractivity contribution >= 4 is 17.5 Å². The number of carbonyl (C=O) groups is 2. The third-order valence-corrected chi connectivity index (χ3v) is 3.00. The van der Waals surface area contributed by atoms with E-state index in [-0.39, 0.29) is 18.4 Å². The van der Waals surface area contributed by atoms with Gasteiger partial charge in [0.05, 0.1) is 5.69 Å². The molecule has 2 amide bonds. The van der Waals surface area contributed by atoms with Gasteiger partial charge in [-0.05, 0) is 38.5 Å². The molecule has 5 heteroatoms. The number of likely N-dealkylation sites (N-methyl/N-ethyl adjacent to an activating group) is 1. The lowest BCUT2D eigenvalue weighted by atomic mass is 10.1. The van der Waals surface area contributed by atoms with Crippen LogP contribution in [0.25, 0.3) is 0 Å². The fourth-order valence-electron chi connectivity index (χ4n) is 2.08. The monoisotopic (exact) mass is 262 g/mol. The standard InChI is InChI=1S/C14H18N2O3/c1-4-15-13(17)8-16-11-7-9(2)5-6-12(11)19-10(3)14(16)18/h5-7,10H,4,8H2,1-3H3,(H,15,17)/t10-/m0/s1. The molecule has 0 bridgehead atoms. The van der Waals surface area contributed by atoms with Gasteiger partial charge in [-0.3, -0.25) is 14.5 Å². The number of hydrogen-bond donors (Lipinski definition) is 1. The predicted molar refractivity (Wildman–Crippen MR) is 72.3 cm³/mol. The first-order valence-corrected chi connectivity index (χ1v) is 6.38. The largest absolute Gasteiger partial charge is 0.479 e. The lowest BCUT2D eigenvalue weighted by Crippen LogP contribution is -2.48. The number of benzene rings is 1. The van der Waals surface area contributed by atoms with Crippen LogP contribution in [-0.4, -0.2) is 31.0 Å². The molecule has 0 aliphatic carbocycles. The molecule has 1 N–H and O–H groups in total. The minimum absolute atomic E-state index is 0.0246. The van der Waals surface area contributed by atoms with Gasteiger partial charge in [0.15, 0.2) is 6.10 Å². The van der Waals surface area contributed by atoms with Gasteiger partial charge in [-0.15, -0.1) is 0 Å². The molecule has 1 atom stereocenters. The second kappa shape index (κ2) is 5.30. The first-order valence-electron chi connectivity index (χ1n) is 6.38. The van der Waals surface area contributed by atoms with Crippen molar-refractivity contribution < 1.29 is 14.3 Å². The van der Waals surface area contributed by atoms with Crippen LogP contribution in [0.4, 0.5) is 5.69 Å². The molecule has 0 fully saturated rings. The summed E-state index contributed by atoms with van der Waals surface area (Å²) in [4.78, 5) is 25.4. The number of rotatable bonds is 3. The van der Waals surface area contributed by atoms with Crippen molar-refractivity contribution in [3.8, 4) is 5.75 Å². The summed E-state index contributed by atoms with van der Waals surface area (Å²) in [7, 11) is 0. The van der Waals surface area contributed by atoms with Crippen molar-refractivity contribution in [2.24, 2.45) is 0 Å². The van der Waals surface area contributed by atoms with E-state index in [2.05, 4.69) is 5.32 Å². The molecule has 0 saturated carbocycles. The number of anilines is 1. The van der Waals surface area contributed by atoms with Crippen LogP contribution in [-0.2, 0) is 9.59 Å². The van der Waals surface area contributed by atoms with E-state index in [9.17, 15) is 9.59 Å². The number of nitrogens with zero attached hydrogens (tertiary/aromatic N) is 1. The number of ether oxygens (including phenoxy) is 1. The Hall–Kier alpha value is -2.04. The summed E-state index contributed by atoms with van der Waals surface area (Å²) in [5, 5.41) is 2.70. The molecule has 102 valence electrons.